The summed E-state index contributed by atoms with van der Waals surface area (Å²) in [6.07, 6.45) is 2.08. The summed E-state index contributed by atoms with van der Waals surface area (Å²) < 4.78 is 12.7. The van der Waals surface area contributed by atoms with E-state index in [9.17, 15) is 4.39 Å². The highest BCUT2D eigenvalue weighted by Crippen LogP contribution is 2.19. The first-order chi connectivity index (χ1) is 7.61. The molecule has 0 fully saturated rings. The van der Waals surface area contributed by atoms with E-state index in [1.807, 2.05) is 13.8 Å². The molecule has 0 saturated carbocycles. The molecule has 1 atom stereocenters. The molecule has 16 heavy (non-hydrogen) atoms. The Labute approximate surface area is 100 Å². The monoisotopic (exact) mass is 240 g/mol. The molecular weight excluding hydrogens is 223 g/mol. The number of hydrogen-bond acceptors (Lipinski definition) is 3. The number of allylic oxidation sites excluding steroid dienone is 1. The van der Waals surface area contributed by atoms with E-state index in [0.29, 0.717) is 0 Å². The molecular formula is C12H17FN2S. The van der Waals surface area contributed by atoms with Gasteiger partial charge in [-0.05, 0) is 38.1 Å². The summed E-state index contributed by atoms with van der Waals surface area (Å²) in [4.78, 5) is 1.05. The topological polar surface area (TPSA) is 38.0 Å². The summed E-state index contributed by atoms with van der Waals surface area (Å²) in [5.41, 5.74) is 3.97. The summed E-state index contributed by atoms with van der Waals surface area (Å²) in [5, 5.41) is 0. The molecule has 0 spiro atoms. The Morgan fingerprint density at radius 2 is 2.06 bits per heavy atom. The van der Waals surface area contributed by atoms with Gasteiger partial charge < -0.3 is 0 Å². The van der Waals surface area contributed by atoms with Gasteiger partial charge in [0.1, 0.15) is 5.82 Å². The lowest BCUT2D eigenvalue weighted by Crippen LogP contribution is -2.35. The number of benzene rings is 1. The zero-order chi connectivity index (χ0) is 12.0. The van der Waals surface area contributed by atoms with E-state index in [-0.39, 0.29) is 11.9 Å². The lowest BCUT2D eigenvalue weighted by atomic mass is 10.2. The normalized spacial score (nSPS) is 12.2. The van der Waals surface area contributed by atoms with Gasteiger partial charge in [0.15, 0.2) is 0 Å². The first-order valence-electron chi connectivity index (χ1n) is 5.11. The van der Waals surface area contributed by atoms with Crippen LogP contribution < -0.4 is 11.3 Å². The Balaban J connectivity index is 2.49. The molecule has 1 aromatic carbocycles. The number of hydrazine groups is 1. The second-order valence-electron chi connectivity index (χ2n) is 3.78. The number of nitrogens with two attached hydrogens (primary N) is 1. The minimum atomic E-state index is -0.206. The zero-order valence-corrected chi connectivity index (χ0v) is 10.4. The molecule has 1 aromatic rings. The third-order valence-electron chi connectivity index (χ3n) is 1.99. The fourth-order valence-electron chi connectivity index (χ4n) is 1.26. The van der Waals surface area contributed by atoms with Gasteiger partial charge in [0.05, 0.1) is 0 Å². The lowest BCUT2D eigenvalue weighted by molar-refractivity contribution is 0.626. The van der Waals surface area contributed by atoms with Gasteiger partial charge >= 0.3 is 0 Å². The average Bonchev–Trinajstić information content (AvgIpc) is 2.26. The van der Waals surface area contributed by atoms with E-state index < -0.39 is 0 Å². The van der Waals surface area contributed by atoms with Gasteiger partial charge in [-0.2, -0.15) is 0 Å². The second-order valence-corrected chi connectivity index (χ2v) is 4.88. The molecule has 0 bridgehead atoms. The maximum atomic E-state index is 12.7. The summed E-state index contributed by atoms with van der Waals surface area (Å²) >= 11 is 1.65. The van der Waals surface area contributed by atoms with Gasteiger partial charge in [0.2, 0.25) is 0 Å². The van der Waals surface area contributed by atoms with E-state index in [1.165, 1.54) is 17.7 Å². The van der Waals surface area contributed by atoms with Crippen LogP contribution in [0, 0.1) is 5.82 Å². The van der Waals surface area contributed by atoms with Crippen molar-refractivity contribution in [3.63, 3.8) is 0 Å². The first-order valence-corrected chi connectivity index (χ1v) is 6.10. The van der Waals surface area contributed by atoms with Crippen LogP contribution >= 0.6 is 11.8 Å². The van der Waals surface area contributed by atoms with E-state index in [2.05, 4.69) is 11.5 Å². The first kappa shape index (κ1) is 13.2. The number of thioether (sulfide) groups is 1. The maximum Gasteiger partial charge on any atom is 0.123 e. The largest absolute Gasteiger partial charge is 0.271 e. The van der Waals surface area contributed by atoms with Crippen LogP contribution in [0.15, 0.2) is 40.8 Å². The Hall–Kier alpha value is -0.840. The highest BCUT2D eigenvalue weighted by Gasteiger charge is 2.03. The van der Waals surface area contributed by atoms with Crippen LogP contribution in [-0.4, -0.2) is 11.8 Å². The van der Waals surface area contributed by atoms with E-state index in [4.69, 9.17) is 5.84 Å². The van der Waals surface area contributed by atoms with Crippen LogP contribution in [0.4, 0.5) is 4.39 Å². The van der Waals surface area contributed by atoms with E-state index in [0.717, 1.165) is 10.6 Å². The van der Waals surface area contributed by atoms with Gasteiger partial charge in [-0.15, -0.1) is 11.8 Å². The predicted octanol–water partition coefficient (Wildman–Crippen LogP) is 2.72. The highest BCUT2D eigenvalue weighted by molar-refractivity contribution is 7.99. The van der Waals surface area contributed by atoms with Crippen molar-refractivity contribution in [3.05, 3.63) is 41.7 Å². The van der Waals surface area contributed by atoms with E-state index in [1.54, 1.807) is 23.9 Å². The molecule has 0 aliphatic carbocycles. The van der Waals surface area contributed by atoms with Gasteiger partial charge in [-0.25, -0.2) is 4.39 Å². The van der Waals surface area contributed by atoms with Crippen molar-refractivity contribution < 1.29 is 4.39 Å². The fraction of sp³-hybridized carbons (Fsp3) is 0.333. The molecule has 0 amide bonds. The van der Waals surface area contributed by atoms with Crippen molar-refractivity contribution >= 4 is 11.8 Å². The van der Waals surface area contributed by atoms with Gasteiger partial charge in [-0.3, -0.25) is 11.3 Å². The molecule has 2 nitrogen and oxygen atoms in total. The summed E-state index contributed by atoms with van der Waals surface area (Å²) in [6.45, 7) is 4.07. The van der Waals surface area contributed by atoms with Crippen LogP contribution in [0.2, 0.25) is 0 Å². The van der Waals surface area contributed by atoms with Crippen molar-refractivity contribution in [1.82, 2.24) is 5.43 Å². The van der Waals surface area contributed by atoms with Crippen LogP contribution in [0.25, 0.3) is 0 Å². The van der Waals surface area contributed by atoms with Crippen LogP contribution in [0.3, 0.4) is 0 Å². The maximum absolute atomic E-state index is 12.7. The molecule has 0 aliphatic heterocycles. The Morgan fingerprint density at radius 3 is 2.56 bits per heavy atom. The standard InChI is InChI=1S/C12H17FN2S/c1-9(2)7-11(15-14)8-16-12-5-3-10(13)4-6-12/h3-7,11,15H,8,14H2,1-2H3. The van der Waals surface area contributed by atoms with Crippen LogP contribution in [-0.2, 0) is 0 Å². The number of halogens is 1. The van der Waals surface area contributed by atoms with Gasteiger partial charge in [-0.1, -0.05) is 11.6 Å². The minimum absolute atomic E-state index is 0.139. The highest BCUT2D eigenvalue weighted by atomic mass is 32.2. The smallest absolute Gasteiger partial charge is 0.123 e. The van der Waals surface area contributed by atoms with Crippen LogP contribution in [0.1, 0.15) is 13.8 Å². The molecule has 1 rings (SSSR count). The Kier molecular flexibility index (Phi) is 5.52. The number of hydrogen-bond donors (Lipinski definition) is 2. The molecule has 0 radical (unpaired) electrons. The van der Waals surface area contributed by atoms with Crippen LogP contribution in [0.5, 0.6) is 0 Å². The van der Waals surface area contributed by atoms with Crippen molar-refractivity contribution in [3.8, 4) is 0 Å². The molecule has 0 saturated heterocycles. The molecule has 0 aliphatic rings. The third kappa shape index (κ3) is 4.79. The summed E-state index contributed by atoms with van der Waals surface area (Å²) in [6, 6.07) is 6.62. The number of rotatable bonds is 5. The lowest BCUT2D eigenvalue weighted by Gasteiger charge is -2.11. The third-order valence-corrected chi connectivity index (χ3v) is 3.12. The summed E-state index contributed by atoms with van der Waals surface area (Å²) in [7, 11) is 0. The van der Waals surface area contributed by atoms with Gasteiger partial charge in [0, 0.05) is 16.7 Å². The predicted molar refractivity (Wildman–Crippen MR) is 67.7 cm³/mol. The SMILES string of the molecule is CC(C)=CC(CSc1ccc(F)cc1)NN. The molecule has 88 valence electrons. The molecule has 4 heteroatoms. The Bertz CT molecular complexity index is 345. The van der Waals surface area contributed by atoms with E-state index >= 15 is 0 Å². The minimum Gasteiger partial charge on any atom is -0.271 e. The quantitative estimate of drug-likeness (QED) is 0.360. The summed E-state index contributed by atoms with van der Waals surface area (Å²) in [5.74, 6) is 6.06. The second kappa shape index (κ2) is 6.68. The molecule has 1 unspecified atom stereocenters. The fourth-order valence-corrected chi connectivity index (χ4v) is 2.16. The molecule has 0 heterocycles. The van der Waals surface area contributed by atoms with Gasteiger partial charge in [0.25, 0.3) is 0 Å². The Morgan fingerprint density at radius 1 is 1.44 bits per heavy atom. The van der Waals surface area contributed by atoms with Crippen molar-refractivity contribution in [2.45, 2.75) is 24.8 Å². The average molecular weight is 240 g/mol. The van der Waals surface area contributed by atoms with Crippen molar-refractivity contribution in [1.29, 1.82) is 0 Å². The van der Waals surface area contributed by atoms with Crippen molar-refractivity contribution in [2.24, 2.45) is 5.84 Å². The molecule has 3 N–H and O–H groups in total. The zero-order valence-electron chi connectivity index (χ0n) is 9.53. The number of nitrogens with one attached hydrogen (secondary N) is 1. The molecule has 0 aromatic heterocycles. The van der Waals surface area contributed by atoms with Crippen molar-refractivity contribution in [2.75, 3.05) is 5.75 Å².